The zero-order chi connectivity index (χ0) is 17.0. The van der Waals surface area contributed by atoms with E-state index >= 15 is 0 Å². The fourth-order valence-electron chi connectivity index (χ4n) is 1.98. The lowest BCUT2D eigenvalue weighted by Crippen LogP contribution is -2.30. The summed E-state index contributed by atoms with van der Waals surface area (Å²) in [5, 5.41) is 18.1. The molecule has 0 saturated carbocycles. The summed E-state index contributed by atoms with van der Waals surface area (Å²) in [6.45, 7) is -0.188. The van der Waals surface area contributed by atoms with Crippen LogP contribution in [0.15, 0.2) is 24.5 Å². The Balaban J connectivity index is 2.14. The van der Waals surface area contributed by atoms with Gasteiger partial charge in [-0.3, -0.25) is 4.79 Å². The molecule has 1 aromatic heterocycles. The molecule has 0 spiro atoms. The highest BCUT2D eigenvalue weighted by molar-refractivity contribution is 6.31. The minimum Gasteiger partial charge on any atom is -0.340 e. The first-order chi connectivity index (χ1) is 11.0. The van der Waals surface area contributed by atoms with Crippen LogP contribution in [0.2, 0.25) is 5.02 Å². The standard InChI is InChI=1S/C15H11ClFN5O/c1-21(7-10-11(16)3-2-4-12(10)17)15(23)8-22-9-20-13(5-18)14(22)6-19/h2-4,9H,7-8H2,1H3. The first-order valence-electron chi connectivity index (χ1n) is 6.50. The quantitative estimate of drug-likeness (QED) is 0.858. The van der Waals surface area contributed by atoms with E-state index in [0.29, 0.717) is 0 Å². The molecule has 6 nitrogen and oxygen atoms in total. The Bertz CT molecular complexity index is 813. The van der Waals surface area contributed by atoms with Crippen molar-refractivity contribution in [1.29, 1.82) is 10.5 Å². The monoisotopic (exact) mass is 331 g/mol. The van der Waals surface area contributed by atoms with Crippen LogP contribution in [0.5, 0.6) is 0 Å². The van der Waals surface area contributed by atoms with E-state index in [1.54, 1.807) is 12.1 Å². The highest BCUT2D eigenvalue weighted by atomic mass is 35.5. The topological polar surface area (TPSA) is 85.7 Å². The first-order valence-corrected chi connectivity index (χ1v) is 6.88. The second-order valence-electron chi connectivity index (χ2n) is 4.74. The van der Waals surface area contributed by atoms with E-state index in [2.05, 4.69) is 4.98 Å². The average molecular weight is 332 g/mol. The van der Waals surface area contributed by atoms with Crippen molar-refractivity contribution in [1.82, 2.24) is 14.5 Å². The number of hydrogen-bond acceptors (Lipinski definition) is 4. The summed E-state index contributed by atoms with van der Waals surface area (Å²) in [5.74, 6) is -0.869. The van der Waals surface area contributed by atoms with Crippen molar-refractivity contribution in [3.05, 3.63) is 52.3 Å². The summed E-state index contributed by atoms with van der Waals surface area (Å²) in [6.07, 6.45) is 1.25. The van der Waals surface area contributed by atoms with E-state index in [-0.39, 0.29) is 41.0 Å². The number of benzene rings is 1. The van der Waals surface area contributed by atoms with Gasteiger partial charge in [-0.05, 0) is 12.1 Å². The van der Waals surface area contributed by atoms with Crippen LogP contribution < -0.4 is 0 Å². The van der Waals surface area contributed by atoms with Crippen LogP contribution in [-0.4, -0.2) is 27.4 Å². The van der Waals surface area contributed by atoms with E-state index in [1.807, 2.05) is 6.07 Å². The average Bonchev–Trinajstić information content (AvgIpc) is 2.92. The number of rotatable bonds is 4. The molecule has 0 N–H and O–H groups in total. The summed E-state index contributed by atoms with van der Waals surface area (Å²) in [6, 6.07) is 7.90. The lowest BCUT2D eigenvalue weighted by Gasteiger charge is -2.19. The van der Waals surface area contributed by atoms with Gasteiger partial charge in [-0.2, -0.15) is 10.5 Å². The van der Waals surface area contributed by atoms with Gasteiger partial charge in [-0.1, -0.05) is 17.7 Å². The van der Waals surface area contributed by atoms with Gasteiger partial charge in [0.2, 0.25) is 5.91 Å². The van der Waals surface area contributed by atoms with Crippen LogP contribution in [0.3, 0.4) is 0 Å². The third-order valence-electron chi connectivity index (χ3n) is 3.24. The van der Waals surface area contributed by atoms with E-state index in [9.17, 15) is 9.18 Å². The van der Waals surface area contributed by atoms with E-state index in [1.165, 1.54) is 35.0 Å². The van der Waals surface area contributed by atoms with Crippen LogP contribution in [0, 0.1) is 28.5 Å². The fraction of sp³-hybridized carbons (Fsp3) is 0.200. The molecule has 0 aliphatic carbocycles. The van der Waals surface area contributed by atoms with Crippen LogP contribution in [0.4, 0.5) is 4.39 Å². The van der Waals surface area contributed by atoms with E-state index in [0.717, 1.165) is 0 Å². The Hall–Kier alpha value is -2.90. The second kappa shape index (κ2) is 6.91. The molecule has 0 fully saturated rings. The number of nitriles is 2. The van der Waals surface area contributed by atoms with Crippen molar-refractivity contribution >= 4 is 17.5 Å². The van der Waals surface area contributed by atoms with Crippen molar-refractivity contribution in [3.8, 4) is 12.1 Å². The number of carbonyl (C=O) groups excluding carboxylic acids is 1. The molecule has 0 unspecified atom stereocenters. The van der Waals surface area contributed by atoms with Gasteiger partial charge in [0, 0.05) is 24.2 Å². The molecule has 8 heteroatoms. The van der Waals surface area contributed by atoms with Crippen LogP contribution in [0.1, 0.15) is 17.0 Å². The number of halogens is 2. The summed E-state index contributed by atoms with van der Waals surface area (Å²) in [7, 11) is 1.50. The molecule has 0 aliphatic rings. The van der Waals surface area contributed by atoms with Crippen molar-refractivity contribution in [2.24, 2.45) is 0 Å². The molecule has 116 valence electrons. The van der Waals surface area contributed by atoms with Crippen LogP contribution in [-0.2, 0) is 17.9 Å². The normalized spacial score (nSPS) is 9.96. The van der Waals surface area contributed by atoms with Crippen molar-refractivity contribution in [3.63, 3.8) is 0 Å². The molecular weight excluding hydrogens is 321 g/mol. The summed E-state index contributed by atoms with van der Waals surface area (Å²) < 4.78 is 15.0. The molecule has 0 atom stereocenters. The number of amides is 1. The first kappa shape index (κ1) is 16.5. The van der Waals surface area contributed by atoms with E-state index in [4.69, 9.17) is 22.1 Å². The molecule has 0 saturated heterocycles. The minimum absolute atomic E-state index is 0.00791. The zero-order valence-electron chi connectivity index (χ0n) is 12.1. The van der Waals surface area contributed by atoms with Crippen LogP contribution in [0.25, 0.3) is 0 Å². The second-order valence-corrected chi connectivity index (χ2v) is 5.15. The maximum Gasteiger partial charge on any atom is 0.242 e. The van der Waals surface area contributed by atoms with Gasteiger partial charge in [0.25, 0.3) is 0 Å². The predicted molar refractivity (Wildman–Crippen MR) is 79.5 cm³/mol. The molecule has 2 rings (SSSR count). The maximum atomic E-state index is 13.8. The van der Waals surface area contributed by atoms with E-state index < -0.39 is 5.82 Å². The molecule has 2 aromatic rings. The minimum atomic E-state index is -0.496. The fourth-order valence-corrected chi connectivity index (χ4v) is 2.20. The number of nitrogens with zero attached hydrogens (tertiary/aromatic N) is 5. The van der Waals surface area contributed by atoms with Gasteiger partial charge >= 0.3 is 0 Å². The predicted octanol–water partition coefficient (Wildman–Crippen LogP) is 2.08. The van der Waals surface area contributed by atoms with Crippen molar-refractivity contribution in [2.45, 2.75) is 13.1 Å². The molecule has 23 heavy (non-hydrogen) atoms. The summed E-state index contributed by atoms with van der Waals surface area (Å²) in [5.41, 5.74) is 0.187. The zero-order valence-corrected chi connectivity index (χ0v) is 12.9. The van der Waals surface area contributed by atoms with Gasteiger partial charge < -0.3 is 9.47 Å². The summed E-state index contributed by atoms with van der Waals surface area (Å²) in [4.78, 5) is 17.3. The Labute approximate surface area is 136 Å². The smallest absolute Gasteiger partial charge is 0.242 e. The number of carbonyl (C=O) groups is 1. The molecule has 0 aliphatic heterocycles. The molecule has 1 heterocycles. The van der Waals surface area contributed by atoms with Crippen molar-refractivity contribution in [2.75, 3.05) is 7.05 Å². The number of likely N-dealkylation sites (N-methyl/N-ethyl adjacent to an activating group) is 1. The molecular formula is C15H11ClFN5O. The van der Waals surface area contributed by atoms with Gasteiger partial charge in [-0.25, -0.2) is 9.37 Å². The maximum absolute atomic E-state index is 13.8. The van der Waals surface area contributed by atoms with Gasteiger partial charge in [0.15, 0.2) is 11.4 Å². The molecule has 1 amide bonds. The van der Waals surface area contributed by atoms with Gasteiger partial charge in [0.05, 0.1) is 6.33 Å². The highest BCUT2D eigenvalue weighted by Crippen LogP contribution is 2.20. The number of imidazole rings is 1. The Kier molecular flexibility index (Phi) is 4.95. The molecule has 0 radical (unpaired) electrons. The van der Waals surface area contributed by atoms with Gasteiger partial charge in [-0.15, -0.1) is 0 Å². The molecule has 0 bridgehead atoms. The largest absolute Gasteiger partial charge is 0.340 e. The van der Waals surface area contributed by atoms with Gasteiger partial charge in [0.1, 0.15) is 24.5 Å². The number of aromatic nitrogens is 2. The SMILES string of the molecule is CN(Cc1c(F)cccc1Cl)C(=O)Cn1cnc(C#N)c1C#N. The van der Waals surface area contributed by atoms with Crippen LogP contribution >= 0.6 is 11.6 Å². The third-order valence-corrected chi connectivity index (χ3v) is 3.59. The Morgan fingerprint density at radius 1 is 1.43 bits per heavy atom. The summed E-state index contributed by atoms with van der Waals surface area (Å²) >= 11 is 5.94. The Morgan fingerprint density at radius 3 is 2.78 bits per heavy atom. The Morgan fingerprint density at radius 2 is 2.17 bits per heavy atom. The number of hydrogen-bond donors (Lipinski definition) is 0. The lowest BCUT2D eigenvalue weighted by atomic mass is 10.2. The lowest BCUT2D eigenvalue weighted by molar-refractivity contribution is -0.131. The van der Waals surface area contributed by atoms with Crippen molar-refractivity contribution < 1.29 is 9.18 Å². The molecule has 1 aromatic carbocycles. The third kappa shape index (κ3) is 3.47. The highest BCUT2D eigenvalue weighted by Gasteiger charge is 2.17.